The SMILES string of the molecule is CC=CC=CC=CC(CCCC)C(N)=O. The number of carbonyl (C=O) groups excluding carboxylic acids is 1. The van der Waals surface area contributed by atoms with Gasteiger partial charge in [0, 0.05) is 0 Å². The minimum absolute atomic E-state index is 0.125. The molecule has 0 radical (unpaired) electrons. The highest BCUT2D eigenvalue weighted by molar-refractivity contribution is 5.78. The molecular formula is C13H21NO. The first-order valence-electron chi connectivity index (χ1n) is 5.47. The Labute approximate surface area is 92.6 Å². The van der Waals surface area contributed by atoms with E-state index in [0.29, 0.717) is 0 Å². The van der Waals surface area contributed by atoms with E-state index in [4.69, 9.17) is 5.73 Å². The summed E-state index contributed by atoms with van der Waals surface area (Å²) < 4.78 is 0. The first-order chi connectivity index (χ1) is 7.22. The van der Waals surface area contributed by atoms with E-state index < -0.39 is 0 Å². The third-order valence-corrected chi connectivity index (χ3v) is 2.10. The second-order valence-electron chi connectivity index (χ2n) is 3.45. The molecule has 1 atom stereocenters. The van der Waals surface area contributed by atoms with E-state index in [1.165, 1.54) is 0 Å². The van der Waals surface area contributed by atoms with Gasteiger partial charge in [-0.2, -0.15) is 0 Å². The predicted octanol–water partition coefficient (Wildman–Crippen LogP) is 2.97. The summed E-state index contributed by atoms with van der Waals surface area (Å²) >= 11 is 0. The molecule has 0 aliphatic rings. The van der Waals surface area contributed by atoms with Crippen molar-refractivity contribution in [2.24, 2.45) is 11.7 Å². The van der Waals surface area contributed by atoms with E-state index in [2.05, 4.69) is 6.92 Å². The lowest BCUT2D eigenvalue weighted by atomic mass is 10.0. The zero-order valence-corrected chi connectivity index (χ0v) is 9.65. The maximum atomic E-state index is 11.1. The summed E-state index contributed by atoms with van der Waals surface area (Å²) in [6.07, 6.45) is 14.4. The molecule has 0 fully saturated rings. The van der Waals surface area contributed by atoms with Gasteiger partial charge in [0.15, 0.2) is 0 Å². The van der Waals surface area contributed by atoms with E-state index >= 15 is 0 Å². The van der Waals surface area contributed by atoms with Gasteiger partial charge < -0.3 is 5.73 Å². The van der Waals surface area contributed by atoms with Crippen LogP contribution in [0.4, 0.5) is 0 Å². The third kappa shape index (κ3) is 7.74. The van der Waals surface area contributed by atoms with Crippen molar-refractivity contribution in [3.63, 3.8) is 0 Å². The molecule has 0 rings (SSSR count). The topological polar surface area (TPSA) is 43.1 Å². The zero-order chi connectivity index (χ0) is 11.5. The molecule has 2 N–H and O–H groups in total. The van der Waals surface area contributed by atoms with Crippen LogP contribution in [0.1, 0.15) is 33.1 Å². The van der Waals surface area contributed by atoms with Gasteiger partial charge in [0.25, 0.3) is 0 Å². The van der Waals surface area contributed by atoms with Gasteiger partial charge in [-0.15, -0.1) is 0 Å². The lowest BCUT2D eigenvalue weighted by Crippen LogP contribution is -2.21. The Morgan fingerprint density at radius 2 is 1.93 bits per heavy atom. The minimum Gasteiger partial charge on any atom is -0.369 e. The zero-order valence-electron chi connectivity index (χ0n) is 9.65. The first kappa shape index (κ1) is 13.7. The summed E-state index contributed by atoms with van der Waals surface area (Å²) in [5, 5.41) is 0. The molecule has 0 spiro atoms. The Balaban J connectivity index is 4.09. The Bertz CT molecular complexity index is 251. The molecule has 0 aliphatic carbocycles. The van der Waals surface area contributed by atoms with Gasteiger partial charge in [-0.1, -0.05) is 56.2 Å². The van der Waals surface area contributed by atoms with Gasteiger partial charge in [0.2, 0.25) is 5.91 Å². The highest BCUT2D eigenvalue weighted by atomic mass is 16.1. The van der Waals surface area contributed by atoms with Gasteiger partial charge >= 0.3 is 0 Å². The highest BCUT2D eigenvalue weighted by Gasteiger charge is 2.09. The molecule has 2 nitrogen and oxygen atoms in total. The number of hydrogen-bond donors (Lipinski definition) is 1. The number of amides is 1. The molecular weight excluding hydrogens is 186 g/mol. The Kier molecular flexibility index (Phi) is 8.44. The van der Waals surface area contributed by atoms with Crippen LogP contribution in [-0.4, -0.2) is 5.91 Å². The van der Waals surface area contributed by atoms with Crippen LogP contribution in [0.15, 0.2) is 36.5 Å². The van der Waals surface area contributed by atoms with E-state index in [1.54, 1.807) is 0 Å². The molecule has 1 amide bonds. The maximum absolute atomic E-state index is 11.1. The van der Waals surface area contributed by atoms with Gasteiger partial charge in [-0.25, -0.2) is 0 Å². The van der Waals surface area contributed by atoms with Crippen LogP contribution in [0.25, 0.3) is 0 Å². The smallest absolute Gasteiger partial charge is 0.224 e. The summed E-state index contributed by atoms with van der Waals surface area (Å²) in [6, 6.07) is 0. The molecule has 84 valence electrons. The Morgan fingerprint density at radius 3 is 2.47 bits per heavy atom. The number of hydrogen-bond acceptors (Lipinski definition) is 1. The summed E-state index contributed by atoms with van der Waals surface area (Å²) in [7, 11) is 0. The standard InChI is InChI=1S/C13H21NO/c1-3-5-7-8-9-11-12(13(14)15)10-6-4-2/h3,5,7-9,11-12H,4,6,10H2,1-2H3,(H2,14,15). The average Bonchev–Trinajstić information content (AvgIpc) is 2.21. The molecule has 0 heterocycles. The lowest BCUT2D eigenvalue weighted by molar-refractivity contribution is -0.120. The fraction of sp³-hybridized carbons (Fsp3) is 0.462. The maximum Gasteiger partial charge on any atom is 0.224 e. The summed E-state index contributed by atoms with van der Waals surface area (Å²) in [4.78, 5) is 11.1. The largest absolute Gasteiger partial charge is 0.369 e. The number of carbonyl (C=O) groups is 1. The molecule has 0 aliphatic heterocycles. The van der Waals surface area contributed by atoms with Gasteiger partial charge in [0.05, 0.1) is 5.92 Å². The van der Waals surface area contributed by atoms with E-state index in [-0.39, 0.29) is 11.8 Å². The van der Waals surface area contributed by atoms with Crippen LogP contribution in [0.3, 0.4) is 0 Å². The van der Waals surface area contributed by atoms with Crippen molar-refractivity contribution in [2.75, 3.05) is 0 Å². The van der Waals surface area contributed by atoms with Crippen LogP contribution >= 0.6 is 0 Å². The number of allylic oxidation sites excluding steroid dienone is 5. The average molecular weight is 207 g/mol. The van der Waals surface area contributed by atoms with Gasteiger partial charge in [0.1, 0.15) is 0 Å². The number of nitrogens with two attached hydrogens (primary N) is 1. The number of rotatable bonds is 7. The molecule has 0 aromatic rings. The fourth-order valence-electron chi connectivity index (χ4n) is 1.20. The van der Waals surface area contributed by atoms with E-state index in [9.17, 15) is 4.79 Å². The van der Waals surface area contributed by atoms with Crippen molar-refractivity contribution < 1.29 is 4.79 Å². The van der Waals surface area contributed by atoms with Crippen LogP contribution in [0, 0.1) is 5.92 Å². The van der Waals surface area contributed by atoms with Crippen molar-refractivity contribution >= 4 is 5.91 Å². The predicted molar refractivity (Wildman–Crippen MR) is 65.3 cm³/mol. The normalized spacial score (nSPS) is 14.3. The Hall–Kier alpha value is -1.31. The molecule has 2 heteroatoms. The quantitative estimate of drug-likeness (QED) is 0.641. The monoisotopic (exact) mass is 207 g/mol. The van der Waals surface area contributed by atoms with Crippen LogP contribution in [0.2, 0.25) is 0 Å². The number of primary amides is 1. The molecule has 0 aromatic carbocycles. The van der Waals surface area contributed by atoms with Gasteiger partial charge in [-0.3, -0.25) is 4.79 Å². The second-order valence-corrected chi connectivity index (χ2v) is 3.45. The van der Waals surface area contributed by atoms with E-state index in [0.717, 1.165) is 19.3 Å². The minimum atomic E-state index is -0.237. The lowest BCUT2D eigenvalue weighted by Gasteiger charge is -2.06. The third-order valence-electron chi connectivity index (χ3n) is 2.10. The fourth-order valence-corrected chi connectivity index (χ4v) is 1.20. The molecule has 0 bridgehead atoms. The van der Waals surface area contributed by atoms with Crippen molar-refractivity contribution in [3.05, 3.63) is 36.5 Å². The van der Waals surface area contributed by atoms with Crippen LogP contribution in [-0.2, 0) is 4.79 Å². The molecule has 0 saturated heterocycles. The molecule has 0 saturated carbocycles. The van der Waals surface area contributed by atoms with Crippen LogP contribution in [0.5, 0.6) is 0 Å². The summed E-state index contributed by atoms with van der Waals surface area (Å²) in [5.41, 5.74) is 5.29. The van der Waals surface area contributed by atoms with Crippen molar-refractivity contribution in [2.45, 2.75) is 33.1 Å². The first-order valence-corrected chi connectivity index (χ1v) is 5.47. The second kappa shape index (κ2) is 9.25. The van der Waals surface area contributed by atoms with Crippen LogP contribution < -0.4 is 5.73 Å². The van der Waals surface area contributed by atoms with Crippen molar-refractivity contribution in [1.82, 2.24) is 0 Å². The van der Waals surface area contributed by atoms with Crippen molar-refractivity contribution in [3.8, 4) is 0 Å². The Morgan fingerprint density at radius 1 is 1.27 bits per heavy atom. The van der Waals surface area contributed by atoms with Gasteiger partial charge in [-0.05, 0) is 13.3 Å². The summed E-state index contributed by atoms with van der Waals surface area (Å²) in [6.45, 7) is 4.06. The number of unbranched alkanes of at least 4 members (excludes halogenated alkanes) is 1. The highest BCUT2D eigenvalue weighted by Crippen LogP contribution is 2.09. The van der Waals surface area contributed by atoms with Crippen molar-refractivity contribution in [1.29, 1.82) is 0 Å². The molecule has 0 aromatic heterocycles. The summed E-state index contributed by atoms with van der Waals surface area (Å²) in [5.74, 6) is -0.362. The van der Waals surface area contributed by atoms with E-state index in [1.807, 2.05) is 43.4 Å². The molecule has 1 unspecified atom stereocenters. The molecule has 15 heavy (non-hydrogen) atoms.